The maximum Gasteiger partial charge on any atom is 0.254 e. The molecule has 1 aromatic rings. The van der Waals surface area contributed by atoms with E-state index in [1.54, 1.807) is 4.90 Å². The molecule has 1 aliphatic rings. The number of nitrogens with two attached hydrogens (primary N) is 1. The Bertz CT molecular complexity index is 433. The summed E-state index contributed by atoms with van der Waals surface area (Å²) in [6.45, 7) is 3.01. The average Bonchev–Trinajstić information content (AvgIpc) is 2.22. The van der Waals surface area contributed by atoms with Crippen molar-refractivity contribution in [1.82, 2.24) is 4.90 Å². The van der Waals surface area contributed by atoms with Crippen LogP contribution in [0.4, 0.5) is 0 Å². The van der Waals surface area contributed by atoms with Crippen LogP contribution in [0.5, 0.6) is 11.5 Å². The minimum atomic E-state index is -0.283. The predicted octanol–water partition coefficient (Wildman–Crippen LogP) is 0.661. The lowest BCUT2D eigenvalue weighted by Gasteiger charge is -2.47. The van der Waals surface area contributed by atoms with Gasteiger partial charge in [-0.05, 0) is 18.6 Å². The van der Waals surface area contributed by atoms with Crippen molar-refractivity contribution in [1.29, 1.82) is 0 Å². The van der Waals surface area contributed by atoms with E-state index in [4.69, 9.17) is 5.73 Å². The van der Waals surface area contributed by atoms with Crippen molar-refractivity contribution >= 4 is 5.91 Å². The zero-order valence-corrected chi connectivity index (χ0v) is 9.68. The van der Waals surface area contributed by atoms with Gasteiger partial charge < -0.3 is 20.8 Å². The third-order valence-electron chi connectivity index (χ3n) is 3.15. The molecule has 2 rings (SSSR count). The number of benzene rings is 1. The first kappa shape index (κ1) is 11.7. The largest absolute Gasteiger partial charge is 0.508 e. The smallest absolute Gasteiger partial charge is 0.254 e. The highest BCUT2D eigenvalue weighted by atomic mass is 16.3. The van der Waals surface area contributed by atoms with Gasteiger partial charge >= 0.3 is 0 Å². The SMILES string of the molecule is CCC1(N)CN(C(=O)c2cc(O)cc(O)c2)C1. The Morgan fingerprint density at radius 3 is 2.35 bits per heavy atom. The number of hydrogen-bond acceptors (Lipinski definition) is 4. The van der Waals surface area contributed by atoms with Crippen LogP contribution in [-0.4, -0.2) is 39.6 Å². The first-order valence-electron chi connectivity index (χ1n) is 5.55. The molecule has 1 saturated heterocycles. The summed E-state index contributed by atoms with van der Waals surface area (Å²) in [5.41, 5.74) is 5.97. The summed E-state index contributed by atoms with van der Waals surface area (Å²) in [4.78, 5) is 13.6. The second kappa shape index (κ2) is 3.92. The highest BCUT2D eigenvalue weighted by molar-refractivity contribution is 5.95. The molecule has 1 aliphatic heterocycles. The van der Waals surface area contributed by atoms with Crippen LogP contribution in [0.2, 0.25) is 0 Å². The number of likely N-dealkylation sites (tertiary alicyclic amines) is 1. The standard InChI is InChI=1S/C12H16N2O3/c1-2-12(13)6-14(7-12)11(17)8-3-9(15)5-10(16)4-8/h3-5,15-16H,2,6-7,13H2,1H3. The highest BCUT2D eigenvalue weighted by Gasteiger charge is 2.40. The molecule has 0 aliphatic carbocycles. The fourth-order valence-electron chi connectivity index (χ4n) is 1.98. The van der Waals surface area contributed by atoms with Gasteiger partial charge in [-0.2, -0.15) is 0 Å². The van der Waals surface area contributed by atoms with E-state index < -0.39 is 0 Å². The third-order valence-corrected chi connectivity index (χ3v) is 3.15. The first-order chi connectivity index (χ1) is 7.93. The average molecular weight is 236 g/mol. The lowest BCUT2D eigenvalue weighted by atomic mass is 9.88. The molecular formula is C12H16N2O3. The van der Waals surface area contributed by atoms with Gasteiger partial charge in [-0.3, -0.25) is 4.79 Å². The molecule has 92 valence electrons. The maximum absolute atomic E-state index is 12.0. The molecule has 1 aromatic carbocycles. The van der Waals surface area contributed by atoms with Crippen molar-refractivity contribution in [3.63, 3.8) is 0 Å². The van der Waals surface area contributed by atoms with Gasteiger partial charge in [-0.25, -0.2) is 0 Å². The maximum atomic E-state index is 12.0. The van der Waals surface area contributed by atoms with Gasteiger partial charge in [-0.15, -0.1) is 0 Å². The van der Waals surface area contributed by atoms with Crippen LogP contribution in [-0.2, 0) is 0 Å². The van der Waals surface area contributed by atoms with E-state index in [0.717, 1.165) is 6.42 Å². The molecule has 5 nitrogen and oxygen atoms in total. The Labute approximate surface area is 99.5 Å². The highest BCUT2D eigenvalue weighted by Crippen LogP contribution is 2.26. The van der Waals surface area contributed by atoms with Crippen LogP contribution < -0.4 is 5.73 Å². The van der Waals surface area contributed by atoms with Gasteiger partial charge in [0.25, 0.3) is 5.91 Å². The van der Waals surface area contributed by atoms with Gasteiger partial charge in [0.15, 0.2) is 0 Å². The molecule has 1 fully saturated rings. The van der Waals surface area contributed by atoms with Gasteiger partial charge in [0, 0.05) is 24.7 Å². The molecule has 4 N–H and O–H groups in total. The summed E-state index contributed by atoms with van der Waals surface area (Å²) >= 11 is 0. The number of phenols is 2. The molecule has 5 heteroatoms. The lowest BCUT2D eigenvalue weighted by molar-refractivity contribution is 0.0400. The van der Waals surface area contributed by atoms with E-state index in [0.29, 0.717) is 13.1 Å². The summed E-state index contributed by atoms with van der Waals surface area (Å²) in [6.07, 6.45) is 0.821. The van der Waals surface area contributed by atoms with Gasteiger partial charge in [0.05, 0.1) is 5.54 Å². The Hall–Kier alpha value is -1.75. The van der Waals surface area contributed by atoms with E-state index in [-0.39, 0.29) is 28.5 Å². The fraction of sp³-hybridized carbons (Fsp3) is 0.417. The number of nitrogens with zero attached hydrogens (tertiary/aromatic N) is 1. The van der Waals surface area contributed by atoms with Crippen LogP contribution in [0.3, 0.4) is 0 Å². The lowest BCUT2D eigenvalue weighted by Crippen LogP contribution is -2.68. The third kappa shape index (κ3) is 2.19. The Morgan fingerprint density at radius 1 is 1.35 bits per heavy atom. The van der Waals surface area contributed by atoms with E-state index in [9.17, 15) is 15.0 Å². The van der Waals surface area contributed by atoms with Gasteiger partial charge in [0.2, 0.25) is 0 Å². The summed E-state index contributed by atoms with van der Waals surface area (Å²) < 4.78 is 0. The number of amides is 1. The molecule has 0 radical (unpaired) electrons. The molecule has 1 heterocycles. The second-order valence-corrected chi connectivity index (χ2v) is 4.62. The normalized spacial score (nSPS) is 17.6. The van der Waals surface area contributed by atoms with Crippen LogP contribution in [0.15, 0.2) is 18.2 Å². The van der Waals surface area contributed by atoms with Gasteiger partial charge in [0.1, 0.15) is 11.5 Å². The number of rotatable bonds is 2. The monoisotopic (exact) mass is 236 g/mol. The number of carbonyl (C=O) groups excluding carboxylic acids is 1. The molecule has 0 saturated carbocycles. The number of hydrogen-bond donors (Lipinski definition) is 3. The minimum absolute atomic E-state index is 0.122. The van der Waals surface area contributed by atoms with Crippen molar-refractivity contribution in [2.24, 2.45) is 5.73 Å². The fourth-order valence-corrected chi connectivity index (χ4v) is 1.98. The Morgan fingerprint density at radius 2 is 1.88 bits per heavy atom. The molecule has 1 amide bonds. The topological polar surface area (TPSA) is 86.8 Å². The van der Waals surface area contributed by atoms with Crippen molar-refractivity contribution in [2.75, 3.05) is 13.1 Å². The van der Waals surface area contributed by atoms with Crippen LogP contribution >= 0.6 is 0 Å². The van der Waals surface area contributed by atoms with Crippen molar-refractivity contribution in [2.45, 2.75) is 18.9 Å². The van der Waals surface area contributed by atoms with E-state index in [1.807, 2.05) is 6.92 Å². The summed E-state index contributed by atoms with van der Waals surface area (Å²) in [5.74, 6) is -0.461. The van der Waals surface area contributed by atoms with E-state index in [2.05, 4.69) is 0 Å². The molecule has 0 aromatic heterocycles. The molecule has 0 bridgehead atoms. The number of phenolic OH excluding ortho intramolecular Hbond substituents is 2. The van der Waals surface area contributed by atoms with E-state index >= 15 is 0 Å². The molecule has 17 heavy (non-hydrogen) atoms. The Balaban J connectivity index is 2.11. The zero-order valence-electron chi connectivity index (χ0n) is 9.68. The summed E-state index contributed by atoms with van der Waals surface area (Å²) in [7, 11) is 0. The quantitative estimate of drug-likeness (QED) is 0.704. The second-order valence-electron chi connectivity index (χ2n) is 4.62. The number of aromatic hydroxyl groups is 2. The van der Waals surface area contributed by atoms with Crippen LogP contribution in [0.1, 0.15) is 23.7 Å². The Kier molecular flexibility index (Phi) is 2.71. The van der Waals surface area contributed by atoms with Crippen LogP contribution in [0, 0.1) is 0 Å². The predicted molar refractivity (Wildman–Crippen MR) is 62.9 cm³/mol. The molecule has 0 atom stereocenters. The first-order valence-corrected chi connectivity index (χ1v) is 5.55. The molecular weight excluding hydrogens is 220 g/mol. The molecule has 0 unspecified atom stereocenters. The van der Waals surface area contributed by atoms with Crippen molar-refractivity contribution in [3.8, 4) is 11.5 Å². The number of carbonyl (C=O) groups is 1. The summed E-state index contributed by atoms with van der Waals surface area (Å²) in [6, 6.07) is 3.86. The minimum Gasteiger partial charge on any atom is -0.508 e. The van der Waals surface area contributed by atoms with Crippen LogP contribution in [0.25, 0.3) is 0 Å². The van der Waals surface area contributed by atoms with Gasteiger partial charge in [-0.1, -0.05) is 6.92 Å². The zero-order chi connectivity index (χ0) is 12.6. The summed E-state index contributed by atoms with van der Waals surface area (Å²) in [5, 5.41) is 18.6. The van der Waals surface area contributed by atoms with E-state index in [1.165, 1.54) is 18.2 Å². The molecule has 0 spiro atoms. The van der Waals surface area contributed by atoms with Crippen molar-refractivity contribution in [3.05, 3.63) is 23.8 Å². The van der Waals surface area contributed by atoms with Crippen molar-refractivity contribution < 1.29 is 15.0 Å².